The predicted octanol–water partition coefficient (Wildman–Crippen LogP) is 4.80. The number of rotatable bonds is 5. The zero-order valence-electron chi connectivity index (χ0n) is 15.9. The summed E-state index contributed by atoms with van der Waals surface area (Å²) in [5, 5.41) is 0.838. The number of hydrogen-bond donors (Lipinski definition) is 3. The minimum Gasteiger partial charge on any atom is -0.470 e. The zero-order chi connectivity index (χ0) is 20.5. The summed E-state index contributed by atoms with van der Waals surface area (Å²) in [6, 6.07) is 14.5. The normalized spacial score (nSPS) is 12.2. The number of aryl methyl sites for hydroxylation is 1. The molecule has 0 amide bonds. The SMILES string of the molecule is Cc1nc(COc2ccccn2)sc1-c1cccc(-c2cc(F)c3c(c2)NNN3)n1.[HH]. The van der Waals surface area contributed by atoms with E-state index >= 15 is 0 Å². The molecule has 3 N–H and O–H groups in total. The van der Waals surface area contributed by atoms with Crippen LogP contribution in [0.3, 0.4) is 0 Å². The van der Waals surface area contributed by atoms with E-state index in [0.717, 1.165) is 21.3 Å². The third kappa shape index (κ3) is 3.56. The Labute approximate surface area is 177 Å². The summed E-state index contributed by atoms with van der Waals surface area (Å²) in [6.07, 6.45) is 1.69. The summed E-state index contributed by atoms with van der Waals surface area (Å²) in [5.74, 6) is 0.207. The van der Waals surface area contributed by atoms with E-state index < -0.39 is 0 Å². The molecule has 1 aliphatic heterocycles. The molecule has 9 heteroatoms. The number of ether oxygens (including phenoxy) is 1. The van der Waals surface area contributed by atoms with Crippen molar-refractivity contribution in [1.29, 1.82) is 0 Å². The molecule has 30 heavy (non-hydrogen) atoms. The molecule has 7 nitrogen and oxygen atoms in total. The number of nitrogens with one attached hydrogen (secondary N) is 3. The minimum absolute atomic E-state index is 0. The third-order valence-corrected chi connectivity index (χ3v) is 5.73. The van der Waals surface area contributed by atoms with E-state index in [0.29, 0.717) is 35.1 Å². The number of nitrogens with zero attached hydrogens (tertiary/aromatic N) is 3. The van der Waals surface area contributed by atoms with Crippen LogP contribution >= 0.6 is 11.3 Å². The van der Waals surface area contributed by atoms with Gasteiger partial charge in [-0.3, -0.25) is 5.43 Å². The molecule has 0 radical (unpaired) electrons. The Morgan fingerprint density at radius 2 is 1.97 bits per heavy atom. The average molecular weight is 422 g/mol. The van der Waals surface area contributed by atoms with Gasteiger partial charge in [0.15, 0.2) is 5.82 Å². The fraction of sp³-hybridized carbons (Fsp3) is 0.0952. The number of hydrogen-bond acceptors (Lipinski definition) is 8. The highest BCUT2D eigenvalue weighted by atomic mass is 32.1. The van der Waals surface area contributed by atoms with E-state index in [1.54, 1.807) is 6.20 Å². The number of pyridine rings is 2. The molecule has 1 aromatic carbocycles. The van der Waals surface area contributed by atoms with Gasteiger partial charge in [-0.1, -0.05) is 12.1 Å². The molecule has 0 unspecified atom stereocenters. The van der Waals surface area contributed by atoms with Crippen molar-refractivity contribution in [3.8, 4) is 27.7 Å². The number of thiazole rings is 1. The fourth-order valence-corrected chi connectivity index (χ4v) is 4.13. The van der Waals surface area contributed by atoms with Crippen molar-refractivity contribution in [2.24, 2.45) is 0 Å². The van der Waals surface area contributed by atoms with Crippen LogP contribution in [0.15, 0.2) is 54.7 Å². The molecule has 0 saturated heterocycles. The number of anilines is 2. The summed E-state index contributed by atoms with van der Waals surface area (Å²) < 4.78 is 20.1. The van der Waals surface area contributed by atoms with Crippen LogP contribution in [0, 0.1) is 12.7 Å². The van der Waals surface area contributed by atoms with Gasteiger partial charge in [-0.15, -0.1) is 16.9 Å². The second-order valence-corrected chi connectivity index (χ2v) is 7.73. The molecule has 0 spiro atoms. The first-order valence-corrected chi connectivity index (χ1v) is 10.1. The lowest BCUT2D eigenvalue weighted by molar-refractivity contribution is 0.293. The second-order valence-electron chi connectivity index (χ2n) is 6.64. The molecule has 1 aliphatic rings. The Bertz CT molecular complexity index is 1220. The standard InChI is InChI=1S/C21H17FN6OS.H2/c1-12-21(30-19(24-12)11-29-18-7-2-3-8-23-18)16-6-4-5-15(25-16)13-9-14(22)20-17(10-13)26-28-27-20;/h2-10,26-28H,11H2,1H3;1H. The van der Waals surface area contributed by atoms with E-state index in [-0.39, 0.29) is 7.24 Å². The highest BCUT2D eigenvalue weighted by Gasteiger charge is 2.18. The van der Waals surface area contributed by atoms with Gasteiger partial charge in [0.05, 0.1) is 27.6 Å². The van der Waals surface area contributed by atoms with Gasteiger partial charge in [-0.2, -0.15) is 0 Å². The maximum atomic E-state index is 14.4. The Balaban J connectivity index is 0.00000231. The lowest BCUT2D eigenvalue weighted by atomic mass is 10.1. The maximum Gasteiger partial charge on any atom is 0.213 e. The number of fused-ring (bicyclic) bond motifs is 1. The molecule has 3 aromatic heterocycles. The molecule has 0 bridgehead atoms. The number of benzene rings is 1. The molecule has 0 atom stereocenters. The monoisotopic (exact) mass is 422 g/mol. The van der Waals surface area contributed by atoms with Crippen LogP contribution in [0.25, 0.3) is 21.8 Å². The Hall–Kier alpha value is -3.56. The van der Waals surface area contributed by atoms with E-state index in [1.165, 1.54) is 17.4 Å². The van der Waals surface area contributed by atoms with Crippen LogP contribution in [-0.4, -0.2) is 15.0 Å². The summed E-state index contributed by atoms with van der Waals surface area (Å²) in [7, 11) is 0. The molecule has 4 heterocycles. The molecular weight excluding hydrogens is 403 g/mol. The molecular formula is C21H19FN6OS. The van der Waals surface area contributed by atoms with Gasteiger partial charge in [0.25, 0.3) is 0 Å². The predicted molar refractivity (Wildman–Crippen MR) is 117 cm³/mol. The third-order valence-electron chi connectivity index (χ3n) is 4.57. The minimum atomic E-state index is -0.352. The van der Waals surface area contributed by atoms with Gasteiger partial charge in [-0.05, 0) is 37.3 Å². The van der Waals surface area contributed by atoms with Crippen molar-refractivity contribution in [1.82, 2.24) is 20.5 Å². The number of halogens is 1. The fourth-order valence-electron chi connectivity index (χ4n) is 3.18. The van der Waals surface area contributed by atoms with E-state index in [2.05, 4.69) is 26.4 Å². The topological polar surface area (TPSA) is 84.0 Å². The highest BCUT2D eigenvalue weighted by Crippen LogP contribution is 2.35. The smallest absolute Gasteiger partial charge is 0.213 e. The van der Waals surface area contributed by atoms with Crippen LogP contribution in [-0.2, 0) is 6.61 Å². The van der Waals surface area contributed by atoms with Crippen molar-refractivity contribution >= 4 is 22.7 Å². The summed E-state index contributed by atoms with van der Waals surface area (Å²) in [4.78, 5) is 14.5. The van der Waals surface area contributed by atoms with Crippen LogP contribution in [0.4, 0.5) is 15.8 Å². The largest absolute Gasteiger partial charge is 0.470 e. The Kier molecular flexibility index (Phi) is 4.74. The molecule has 0 saturated carbocycles. The van der Waals surface area contributed by atoms with Crippen LogP contribution < -0.4 is 21.1 Å². The first-order chi connectivity index (χ1) is 14.7. The molecule has 4 aromatic rings. The maximum absolute atomic E-state index is 14.4. The van der Waals surface area contributed by atoms with Gasteiger partial charge in [0.1, 0.15) is 17.3 Å². The molecule has 152 valence electrons. The number of aromatic nitrogens is 3. The average Bonchev–Trinajstić information content (AvgIpc) is 3.40. The molecule has 0 fully saturated rings. The van der Waals surface area contributed by atoms with E-state index in [4.69, 9.17) is 9.72 Å². The van der Waals surface area contributed by atoms with Crippen LogP contribution in [0.1, 0.15) is 12.1 Å². The zero-order valence-corrected chi connectivity index (χ0v) is 16.8. The van der Waals surface area contributed by atoms with Gasteiger partial charge in [0.2, 0.25) is 5.88 Å². The highest BCUT2D eigenvalue weighted by molar-refractivity contribution is 7.15. The lowest BCUT2D eigenvalue weighted by Gasteiger charge is -2.07. The van der Waals surface area contributed by atoms with Crippen molar-refractivity contribution in [3.05, 3.63) is 71.2 Å². The first-order valence-electron chi connectivity index (χ1n) is 9.26. The van der Waals surface area contributed by atoms with Crippen molar-refractivity contribution in [3.63, 3.8) is 0 Å². The van der Waals surface area contributed by atoms with Gasteiger partial charge in [-0.25, -0.2) is 19.3 Å². The van der Waals surface area contributed by atoms with Crippen molar-refractivity contribution < 1.29 is 10.6 Å². The summed E-state index contributed by atoms with van der Waals surface area (Å²) >= 11 is 1.53. The summed E-state index contributed by atoms with van der Waals surface area (Å²) in [6.45, 7) is 2.28. The quantitative estimate of drug-likeness (QED) is 0.426. The Morgan fingerprint density at radius 3 is 2.83 bits per heavy atom. The van der Waals surface area contributed by atoms with Crippen molar-refractivity contribution in [2.45, 2.75) is 13.5 Å². The van der Waals surface area contributed by atoms with Gasteiger partial charge in [0, 0.05) is 19.3 Å². The summed E-state index contributed by atoms with van der Waals surface area (Å²) in [5.41, 5.74) is 12.4. The first kappa shape index (κ1) is 18.5. The molecule has 0 aliphatic carbocycles. The number of hydrazine groups is 2. The van der Waals surface area contributed by atoms with Gasteiger partial charge < -0.3 is 10.2 Å². The van der Waals surface area contributed by atoms with E-state index in [1.807, 2.05) is 49.4 Å². The van der Waals surface area contributed by atoms with E-state index in [9.17, 15) is 4.39 Å². The lowest BCUT2D eigenvalue weighted by Crippen LogP contribution is -2.19. The van der Waals surface area contributed by atoms with Crippen molar-refractivity contribution in [2.75, 3.05) is 10.9 Å². The molecule has 5 rings (SSSR count). The second kappa shape index (κ2) is 7.69. The van der Waals surface area contributed by atoms with Crippen LogP contribution in [0.5, 0.6) is 5.88 Å². The van der Waals surface area contributed by atoms with Gasteiger partial charge >= 0.3 is 0 Å². The Morgan fingerprint density at radius 1 is 1.07 bits per heavy atom. The van der Waals surface area contributed by atoms with Crippen LogP contribution in [0.2, 0.25) is 0 Å².